The highest BCUT2D eigenvalue weighted by molar-refractivity contribution is 6.31. The molecule has 0 unspecified atom stereocenters. The first-order chi connectivity index (χ1) is 11.1. The number of hydrogen-bond donors (Lipinski definition) is 2. The van der Waals surface area contributed by atoms with Gasteiger partial charge in [0.05, 0.1) is 5.02 Å². The Labute approximate surface area is 139 Å². The number of aromatic nitrogens is 1. The van der Waals surface area contributed by atoms with Crippen LogP contribution in [0.3, 0.4) is 0 Å². The number of anilines is 2. The Morgan fingerprint density at radius 1 is 1.17 bits per heavy atom. The van der Waals surface area contributed by atoms with Crippen LogP contribution in [0.4, 0.5) is 15.8 Å². The van der Waals surface area contributed by atoms with E-state index in [0.717, 1.165) is 18.5 Å². The maximum absolute atomic E-state index is 13.1. The van der Waals surface area contributed by atoms with Crippen molar-refractivity contribution < 1.29 is 9.18 Å². The molecule has 1 fully saturated rings. The van der Waals surface area contributed by atoms with E-state index in [1.807, 2.05) is 6.07 Å². The average Bonchev–Trinajstić information content (AvgIpc) is 3.04. The number of hydrogen-bond acceptors (Lipinski definition) is 3. The van der Waals surface area contributed by atoms with Gasteiger partial charge in [-0.25, -0.2) is 4.39 Å². The summed E-state index contributed by atoms with van der Waals surface area (Å²) in [5, 5.41) is 6.06. The minimum Gasteiger partial charge on any atom is -0.382 e. The quantitative estimate of drug-likeness (QED) is 0.867. The summed E-state index contributed by atoms with van der Waals surface area (Å²) >= 11 is 5.71. The maximum Gasteiger partial charge on any atom is 0.274 e. The van der Waals surface area contributed by atoms with Crippen LogP contribution in [0, 0.1) is 5.82 Å². The molecule has 0 bridgehead atoms. The molecule has 1 amide bonds. The van der Waals surface area contributed by atoms with Crippen LogP contribution < -0.4 is 10.6 Å². The summed E-state index contributed by atoms with van der Waals surface area (Å²) < 4.78 is 13.1. The summed E-state index contributed by atoms with van der Waals surface area (Å²) in [5.41, 5.74) is 1.61. The van der Waals surface area contributed by atoms with Crippen molar-refractivity contribution in [3.05, 3.63) is 53.1 Å². The zero-order chi connectivity index (χ0) is 16.2. The zero-order valence-electron chi connectivity index (χ0n) is 12.5. The summed E-state index contributed by atoms with van der Waals surface area (Å²) in [5.74, 6) is -0.881. The second-order valence-corrected chi connectivity index (χ2v) is 6.05. The Bertz CT molecular complexity index is 717. The van der Waals surface area contributed by atoms with Crippen molar-refractivity contribution >= 4 is 28.9 Å². The molecule has 1 aliphatic carbocycles. The van der Waals surface area contributed by atoms with Gasteiger partial charge in [-0.2, -0.15) is 0 Å². The molecule has 1 saturated carbocycles. The van der Waals surface area contributed by atoms with E-state index >= 15 is 0 Å². The number of pyridine rings is 1. The van der Waals surface area contributed by atoms with E-state index in [0.29, 0.717) is 17.4 Å². The fourth-order valence-electron chi connectivity index (χ4n) is 2.72. The fraction of sp³-hybridized carbons (Fsp3) is 0.294. The number of carbonyl (C=O) groups is 1. The molecule has 6 heteroatoms. The van der Waals surface area contributed by atoms with Crippen molar-refractivity contribution in [3.8, 4) is 0 Å². The van der Waals surface area contributed by atoms with Crippen LogP contribution in [0.2, 0.25) is 5.02 Å². The third-order valence-corrected chi connectivity index (χ3v) is 4.19. The molecule has 0 atom stereocenters. The van der Waals surface area contributed by atoms with Gasteiger partial charge in [0.25, 0.3) is 5.91 Å². The number of halogens is 2. The lowest BCUT2D eigenvalue weighted by Crippen LogP contribution is -2.17. The predicted molar refractivity (Wildman–Crippen MR) is 89.5 cm³/mol. The van der Waals surface area contributed by atoms with Crippen molar-refractivity contribution in [3.63, 3.8) is 0 Å². The van der Waals surface area contributed by atoms with Crippen molar-refractivity contribution in [1.29, 1.82) is 0 Å². The highest BCUT2D eigenvalue weighted by Gasteiger charge is 2.15. The van der Waals surface area contributed by atoms with Crippen molar-refractivity contribution in [2.24, 2.45) is 0 Å². The molecule has 1 aromatic heterocycles. The molecule has 1 aliphatic rings. The first-order valence-corrected chi connectivity index (χ1v) is 7.98. The normalized spacial score (nSPS) is 14.7. The SMILES string of the molecule is O=C(Nc1ccc(F)c(Cl)c1)c1cc(NC2CCCC2)ccn1. The molecule has 4 nitrogen and oxygen atoms in total. The molecule has 0 saturated heterocycles. The maximum atomic E-state index is 13.1. The van der Waals surface area contributed by atoms with Crippen molar-refractivity contribution in [2.45, 2.75) is 31.7 Å². The Kier molecular flexibility index (Phi) is 4.76. The molecule has 0 radical (unpaired) electrons. The molecule has 2 aromatic rings. The van der Waals surface area contributed by atoms with Gasteiger partial charge in [-0.05, 0) is 43.2 Å². The van der Waals surface area contributed by atoms with Crippen LogP contribution >= 0.6 is 11.6 Å². The second kappa shape index (κ2) is 6.96. The van der Waals surface area contributed by atoms with Gasteiger partial charge < -0.3 is 10.6 Å². The zero-order valence-corrected chi connectivity index (χ0v) is 13.2. The lowest BCUT2D eigenvalue weighted by molar-refractivity contribution is 0.102. The van der Waals surface area contributed by atoms with E-state index in [4.69, 9.17) is 11.6 Å². The van der Waals surface area contributed by atoms with Crippen LogP contribution in [-0.2, 0) is 0 Å². The van der Waals surface area contributed by atoms with Crippen LogP contribution in [0.1, 0.15) is 36.2 Å². The van der Waals surface area contributed by atoms with E-state index in [1.165, 1.54) is 31.0 Å². The van der Waals surface area contributed by atoms with Gasteiger partial charge in [0.15, 0.2) is 0 Å². The van der Waals surface area contributed by atoms with Crippen molar-refractivity contribution in [1.82, 2.24) is 4.98 Å². The number of nitrogens with one attached hydrogen (secondary N) is 2. The molecule has 1 aromatic carbocycles. The largest absolute Gasteiger partial charge is 0.382 e. The van der Waals surface area contributed by atoms with Gasteiger partial charge in [0.1, 0.15) is 11.5 Å². The second-order valence-electron chi connectivity index (χ2n) is 5.64. The number of nitrogens with zero attached hydrogens (tertiary/aromatic N) is 1. The molecular formula is C17H17ClFN3O. The number of benzene rings is 1. The molecule has 23 heavy (non-hydrogen) atoms. The molecule has 0 aliphatic heterocycles. The fourth-order valence-corrected chi connectivity index (χ4v) is 2.90. The van der Waals surface area contributed by atoms with Crippen molar-refractivity contribution in [2.75, 3.05) is 10.6 Å². The van der Waals surface area contributed by atoms with Crippen LogP contribution in [-0.4, -0.2) is 16.9 Å². The summed E-state index contributed by atoms with van der Waals surface area (Å²) in [6.07, 6.45) is 6.38. The summed E-state index contributed by atoms with van der Waals surface area (Å²) in [6.45, 7) is 0. The lowest BCUT2D eigenvalue weighted by atomic mass is 10.2. The van der Waals surface area contributed by atoms with Crippen LogP contribution in [0.25, 0.3) is 0 Å². The van der Waals surface area contributed by atoms with E-state index in [1.54, 1.807) is 12.3 Å². The molecular weight excluding hydrogens is 317 g/mol. The number of amides is 1. The molecule has 0 spiro atoms. The molecule has 3 rings (SSSR count). The predicted octanol–water partition coefficient (Wildman–Crippen LogP) is 4.48. The number of rotatable bonds is 4. The Balaban J connectivity index is 1.70. The van der Waals surface area contributed by atoms with E-state index in [9.17, 15) is 9.18 Å². The smallest absolute Gasteiger partial charge is 0.274 e. The minimum atomic E-state index is -0.523. The van der Waals surface area contributed by atoms with E-state index in [-0.39, 0.29) is 10.9 Å². The van der Waals surface area contributed by atoms with Crippen LogP contribution in [0.15, 0.2) is 36.5 Å². The molecule has 1 heterocycles. The topological polar surface area (TPSA) is 54.0 Å². The summed E-state index contributed by atoms with van der Waals surface area (Å²) in [7, 11) is 0. The van der Waals surface area contributed by atoms with Gasteiger partial charge in [0, 0.05) is 23.6 Å². The monoisotopic (exact) mass is 333 g/mol. The van der Waals surface area contributed by atoms with Gasteiger partial charge in [0.2, 0.25) is 0 Å². The Morgan fingerprint density at radius 3 is 2.70 bits per heavy atom. The third-order valence-electron chi connectivity index (χ3n) is 3.90. The van der Waals surface area contributed by atoms with Crippen LogP contribution in [0.5, 0.6) is 0 Å². The molecule has 120 valence electrons. The van der Waals surface area contributed by atoms with Gasteiger partial charge >= 0.3 is 0 Å². The van der Waals surface area contributed by atoms with Gasteiger partial charge in [-0.15, -0.1) is 0 Å². The summed E-state index contributed by atoms with van der Waals surface area (Å²) in [4.78, 5) is 16.4. The standard InChI is InChI=1S/C17H17ClFN3O/c18-14-9-12(5-6-15(14)19)22-17(23)16-10-13(7-8-20-16)21-11-3-1-2-4-11/h5-11H,1-4H2,(H,20,21)(H,22,23). The minimum absolute atomic E-state index is 0.0348. The summed E-state index contributed by atoms with van der Waals surface area (Å²) in [6, 6.07) is 8.07. The lowest BCUT2D eigenvalue weighted by Gasteiger charge is -2.14. The first kappa shape index (κ1) is 15.7. The first-order valence-electron chi connectivity index (χ1n) is 7.61. The van der Waals surface area contributed by atoms with E-state index in [2.05, 4.69) is 15.6 Å². The highest BCUT2D eigenvalue weighted by atomic mass is 35.5. The van der Waals surface area contributed by atoms with E-state index < -0.39 is 5.82 Å². The van der Waals surface area contributed by atoms with Gasteiger partial charge in [-0.3, -0.25) is 9.78 Å². The third kappa shape index (κ3) is 3.99. The molecule has 2 N–H and O–H groups in total. The highest BCUT2D eigenvalue weighted by Crippen LogP contribution is 2.23. The number of carbonyl (C=O) groups excluding carboxylic acids is 1. The average molecular weight is 334 g/mol. The Morgan fingerprint density at radius 2 is 1.96 bits per heavy atom. The van der Waals surface area contributed by atoms with Gasteiger partial charge in [-0.1, -0.05) is 24.4 Å². The Hall–Kier alpha value is -2.14.